The van der Waals surface area contributed by atoms with Crippen LogP contribution in [0.3, 0.4) is 0 Å². The molecule has 1 aliphatic rings. The van der Waals surface area contributed by atoms with Crippen molar-refractivity contribution in [1.29, 1.82) is 0 Å². The first kappa shape index (κ1) is 24.6. The van der Waals surface area contributed by atoms with Crippen LogP contribution in [0.4, 0.5) is 0 Å². The quantitative estimate of drug-likeness (QED) is 0.292. The maximum atomic E-state index is 5.83. The van der Waals surface area contributed by atoms with Gasteiger partial charge in [-0.2, -0.15) is 0 Å². The minimum atomic E-state index is 0.499. The van der Waals surface area contributed by atoms with E-state index in [0.29, 0.717) is 12.0 Å². The number of aliphatic imine (C=N–C) groups is 1. The zero-order valence-electron chi connectivity index (χ0n) is 19.2. The summed E-state index contributed by atoms with van der Waals surface area (Å²) >= 11 is 0. The largest absolute Gasteiger partial charge is 0.381 e. The SMILES string of the molecule is CCNC(=NCCCOCC1CCOCC1)NCCC(C)N(C)Cc1ccccc1. The molecule has 1 aliphatic heterocycles. The zero-order valence-corrected chi connectivity index (χ0v) is 19.2. The summed E-state index contributed by atoms with van der Waals surface area (Å²) < 4.78 is 11.2. The third kappa shape index (κ3) is 10.4. The van der Waals surface area contributed by atoms with Crippen LogP contribution in [0.2, 0.25) is 0 Å². The van der Waals surface area contributed by atoms with Crippen molar-refractivity contribution in [2.75, 3.05) is 53.1 Å². The molecule has 1 heterocycles. The molecule has 2 rings (SSSR count). The third-order valence-electron chi connectivity index (χ3n) is 5.64. The van der Waals surface area contributed by atoms with Crippen molar-refractivity contribution >= 4 is 5.96 Å². The van der Waals surface area contributed by atoms with Gasteiger partial charge in [0.1, 0.15) is 0 Å². The number of ether oxygens (including phenoxy) is 2. The summed E-state index contributed by atoms with van der Waals surface area (Å²) in [4.78, 5) is 7.09. The average Bonchev–Trinajstić information content (AvgIpc) is 2.77. The van der Waals surface area contributed by atoms with Gasteiger partial charge < -0.3 is 20.1 Å². The number of hydrogen-bond acceptors (Lipinski definition) is 4. The van der Waals surface area contributed by atoms with Gasteiger partial charge in [0.05, 0.1) is 0 Å². The lowest BCUT2D eigenvalue weighted by Crippen LogP contribution is -2.40. The van der Waals surface area contributed by atoms with E-state index in [4.69, 9.17) is 9.47 Å². The van der Waals surface area contributed by atoms with Gasteiger partial charge in [-0.05, 0) is 58.1 Å². The smallest absolute Gasteiger partial charge is 0.191 e. The standard InChI is InChI=1S/C24H42N4O2/c1-4-25-24(26-14-8-16-30-20-23-12-17-29-18-13-23)27-15-11-21(2)28(3)19-22-9-6-5-7-10-22/h5-7,9-10,21,23H,4,8,11-20H2,1-3H3,(H2,25,26,27). The van der Waals surface area contributed by atoms with Crippen LogP contribution in [-0.4, -0.2) is 70.0 Å². The molecule has 30 heavy (non-hydrogen) atoms. The molecule has 1 atom stereocenters. The van der Waals surface area contributed by atoms with Crippen molar-refractivity contribution in [1.82, 2.24) is 15.5 Å². The second-order valence-corrected chi connectivity index (χ2v) is 8.21. The number of nitrogens with zero attached hydrogens (tertiary/aromatic N) is 2. The number of hydrogen-bond donors (Lipinski definition) is 2. The van der Waals surface area contributed by atoms with Crippen LogP contribution >= 0.6 is 0 Å². The Labute approximate surface area is 183 Å². The molecular formula is C24H42N4O2. The first-order valence-electron chi connectivity index (χ1n) is 11.6. The van der Waals surface area contributed by atoms with Crippen molar-refractivity contribution in [2.24, 2.45) is 10.9 Å². The molecule has 1 aromatic carbocycles. The normalized spacial score (nSPS) is 16.6. The predicted molar refractivity (Wildman–Crippen MR) is 125 cm³/mol. The van der Waals surface area contributed by atoms with E-state index in [-0.39, 0.29) is 0 Å². The molecule has 0 saturated carbocycles. The minimum absolute atomic E-state index is 0.499. The Morgan fingerprint density at radius 3 is 2.73 bits per heavy atom. The lowest BCUT2D eigenvalue weighted by molar-refractivity contribution is 0.0205. The molecule has 0 aromatic heterocycles. The van der Waals surface area contributed by atoms with Gasteiger partial charge in [0.2, 0.25) is 0 Å². The van der Waals surface area contributed by atoms with Crippen LogP contribution in [0.1, 0.15) is 45.1 Å². The summed E-state index contributed by atoms with van der Waals surface area (Å²) in [5.41, 5.74) is 1.36. The summed E-state index contributed by atoms with van der Waals surface area (Å²) in [7, 11) is 2.19. The summed E-state index contributed by atoms with van der Waals surface area (Å²) in [6, 6.07) is 11.1. The van der Waals surface area contributed by atoms with Gasteiger partial charge in [-0.3, -0.25) is 9.89 Å². The molecular weight excluding hydrogens is 376 g/mol. The fourth-order valence-corrected chi connectivity index (χ4v) is 3.51. The van der Waals surface area contributed by atoms with Crippen molar-refractivity contribution in [3.63, 3.8) is 0 Å². The van der Waals surface area contributed by atoms with E-state index < -0.39 is 0 Å². The molecule has 1 saturated heterocycles. The molecule has 6 nitrogen and oxygen atoms in total. The molecule has 2 N–H and O–H groups in total. The Balaban J connectivity index is 1.59. The van der Waals surface area contributed by atoms with Crippen molar-refractivity contribution in [3.05, 3.63) is 35.9 Å². The van der Waals surface area contributed by atoms with Gasteiger partial charge in [-0.1, -0.05) is 30.3 Å². The Morgan fingerprint density at radius 1 is 1.23 bits per heavy atom. The monoisotopic (exact) mass is 418 g/mol. The maximum absolute atomic E-state index is 5.83. The van der Waals surface area contributed by atoms with Gasteiger partial charge in [-0.25, -0.2) is 0 Å². The molecule has 1 fully saturated rings. The highest BCUT2D eigenvalue weighted by molar-refractivity contribution is 5.79. The summed E-state index contributed by atoms with van der Waals surface area (Å²) in [5, 5.41) is 6.81. The van der Waals surface area contributed by atoms with E-state index in [1.54, 1.807) is 0 Å². The van der Waals surface area contributed by atoms with Gasteiger partial charge in [0.15, 0.2) is 5.96 Å². The predicted octanol–water partition coefficient (Wildman–Crippen LogP) is 3.29. The summed E-state index contributed by atoms with van der Waals surface area (Å²) in [6.45, 7) is 11.3. The van der Waals surface area contributed by atoms with E-state index in [0.717, 1.165) is 84.2 Å². The van der Waals surface area contributed by atoms with Crippen LogP contribution in [0.25, 0.3) is 0 Å². The molecule has 1 aromatic rings. The van der Waals surface area contributed by atoms with E-state index in [9.17, 15) is 0 Å². The second-order valence-electron chi connectivity index (χ2n) is 8.21. The number of nitrogens with one attached hydrogen (secondary N) is 2. The van der Waals surface area contributed by atoms with Crippen LogP contribution in [0.5, 0.6) is 0 Å². The molecule has 1 unspecified atom stereocenters. The van der Waals surface area contributed by atoms with Crippen molar-refractivity contribution in [2.45, 2.75) is 52.1 Å². The van der Waals surface area contributed by atoms with Gasteiger partial charge in [0.25, 0.3) is 0 Å². The molecule has 170 valence electrons. The molecule has 0 spiro atoms. The number of guanidine groups is 1. The van der Waals surface area contributed by atoms with Gasteiger partial charge in [-0.15, -0.1) is 0 Å². The third-order valence-corrected chi connectivity index (χ3v) is 5.64. The van der Waals surface area contributed by atoms with Gasteiger partial charge >= 0.3 is 0 Å². The Kier molecular flexibility index (Phi) is 12.5. The average molecular weight is 419 g/mol. The van der Waals surface area contributed by atoms with Crippen LogP contribution < -0.4 is 10.6 Å². The Bertz CT molecular complexity index is 576. The highest BCUT2D eigenvalue weighted by Gasteiger charge is 2.13. The topological polar surface area (TPSA) is 58.1 Å². The van der Waals surface area contributed by atoms with Gasteiger partial charge in [0, 0.05) is 58.6 Å². The molecule has 0 radical (unpaired) electrons. The molecule has 0 bridgehead atoms. The second kappa shape index (κ2) is 15.2. The van der Waals surface area contributed by atoms with Crippen LogP contribution in [0, 0.1) is 5.92 Å². The Hall–Kier alpha value is -1.63. The highest BCUT2D eigenvalue weighted by Crippen LogP contribution is 2.14. The number of benzene rings is 1. The summed E-state index contributed by atoms with van der Waals surface area (Å²) in [5.74, 6) is 1.57. The fraction of sp³-hybridized carbons (Fsp3) is 0.708. The van der Waals surface area contributed by atoms with E-state index in [2.05, 4.69) is 71.8 Å². The minimum Gasteiger partial charge on any atom is -0.381 e. The first-order chi connectivity index (χ1) is 14.7. The molecule has 0 amide bonds. The van der Waals surface area contributed by atoms with E-state index in [1.165, 1.54) is 5.56 Å². The lowest BCUT2D eigenvalue weighted by Gasteiger charge is -2.25. The highest BCUT2D eigenvalue weighted by atomic mass is 16.5. The fourth-order valence-electron chi connectivity index (χ4n) is 3.51. The first-order valence-corrected chi connectivity index (χ1v) is 11.6. The van der Waals surface area contributed by atoms with E-state index in [1.807, 2.05) is 0 Å². The molecule has 0 aliphatic carbocycles. The summed E-state index contributed by atoms with van der Waals surface area (Å²) in [6.07, 6.45) is 4.29. The lowest BCUT2D eigenvalue weighted by atomic mass is 10.0. The van der Waals surface area contributed by atoms with E-state index >= 15 is 0 Å². The van der Waals surface area contributed by atoms with Crippen LogP contribution in [0.15, 0.2) is 35.3 Å². The van der Waals surface area contributed by atoms with Crippen LogP contribution in [-0.2, 0) is 16.0 Å². The Morgan fingerprint density at radius 2 is 2.00 bits per heavy atom. The van der Waals surface area contributed by atoms with Crippen molar-refractivity contribution < 1.29 is 9.47 Å². The van der Waals surface area contributed by atoms with Crippen molar-refractivity contribution in [3.8, 4) is 0 Å². The number of rotatable bonds is 13. The maximum Gasteiger partial charge on any atom is 0.191 e. The molecule has 6 heteroatoms. The zero-order chi connectivity index (χ0) is 21.4.